The van der Waals surface area contributed by atoms with Crippen molar-refractivity contribution in [2.24, 2.45) is 0 Å². The Balaban J connectivity index is 1.71. The van der Waals surface area contributed by atoms with Gasteiger partial charge in [-0.25, -0.2) is 4.98 Å². The van der Waals surface area contributed by atoms with Crippen molar-refractivity contribution in [2.75, 3.05) is 7.05 Å². The molecule has 1 heterocycles. The fraction of sp³-hybridized carbons (Fsp3) is 0.533. The normalized spacial score (nSPS) is 17.7. The molecule has 1 aliphatic carbocycles. The van der Waals surface area contributed by atoms with Gasteiger partial charge < -0.3 is 4.98 Å². The Hall–Kier alpha value is -1.35. The Morgan fingerprint density at radius 2 is 2.00 bits per heavy atom. The van der Waals surface area contributed by atoms with Crippen molar-refractivity contribution in [2.45, 2.75) is 44.7 Å². The Bertz CT molecular complexity index is 478. The largest absolute Gasteiger partial charge is 0.341 e. The Morgan fingerprint density at radius 1 is 1.22 bits per heavy atom. The van der Waals surface area contributed by atoms with E-state index in [1.54, 1.807) is 0 Å². The second-order valence-electron chi connectivity index (χ2n) is 5.41. The molecule has 1 fully saturated rings. The van der Waals surface area contributed by atoms with Crippen LogP contribution >= 0.6 is 0 Å². The summed E-state index contributed by atoms with van der Waals surface area (Å²) in [5.41, 5.74) is 2.22. The van der Waals surface area contributed by atoms with Gasteiger partial charge in [0, 0.05) is 6.04 Å². The molecule has 0 atom stereocenters. The number of fused-ring (bicyclic) bond motifs is 1. The zero-order valence-corrected chi connectivity index (χ0v) is 11.0. The first kappa shape index (κ1) is 11.7. The van der Waals surface area contributed by atoms with Gasteiger partial charge in [0.1, 0.15) is 5.82 Å². The smallest absolute Gasteiger partial charge is 0.121 e. The van der Waals surface area contributed by atoms with Crippen LogP contribution in [0.15, 0.2) is 24.3 Å². The van der Waals surface area contributed by atoms with Gasteiger partial charge in [0.25, 0.3) is 0 Å². The van der Waals surface area contributed by atoms with E-state index in [2.05, 4.69) is 40.1 Å². The van der Waals surface area contributed by atoms with Crippen LogP contribution in [0.5, 0.6) is 0 Å². The number of nitrogens with zero attached hydrogens (tertiary/aromatic N) is 2. The third-order valence-electron chi connectivity index (χ3n) is 4.04. The van der Waals surface area contributed by atoms with Gasteiger partial charge in [0.2, 0.25) is 0 Å². The minimum atomic E-state index is 0.743. The van der Waals surface area contributed by atoms with E-state index >= 15 is 0 Å². The molecule has 3 heteroatoms. The third-order valence-corrected chi connectivity index (χ3v) is 4.04. The molecule has 0 unspecified atom stereocenters. The van der Waals surface area contributed by atoms with Crippen LogP contribution in [-0.4, -0.2) is 28.0 Å². The Labute approximate surface area is 108 Å². The predicted molar refractivity (Wildman–Crippen MR) is 74.4 cm³/mol. The number of benzene rings is 1. The lowest BCUT2D eigenvalue weighted by atomic mass is 9.94. The second-order valence-corrected chi connectivity index (χ2v) is 5.41. The summed E-state index contributed by atoms with van der Waals surface area (Å²) >= 11 is 0. The lowest BCUT2D eigenvalue weighted by Crippen LogP contribution is -2.33. The first-order chi connectivity index (χ1) is 8.83. The van der Waals surface area contributed by atoms with Gasteiger partial charge >= 0.3 is 0 Å². The molecule has 0 bridgehead atoms. The molecule has 1 aliphatic rings. The van der Waals surface area contributed by atoms with Crippen LogP contribution in [0.3, 0.4) is 0 Å². The molecule has 1 aromatic carbocycles. The number of aromatic amines is 1. The summed E-state index contributed by atoms with van der Waals surface area (Å²) in [7, 11) is 2.23. The zero-order chi connectivity index (χ0) is 12.4. The summed E-state index contributed by atoms with van der Waals surface area (Å²) in [5, 5.41) is 0. The quantitative estimate of drug-likeness (QED) is 0.896. The molecule has 1 N–H and O–H groups in total. The van der Waals surface area contributed by atoms with E-state index < -0.39 is 0 Å². The first-order valence-corrected chi connectivity index (χ1v) is 6.97. The number of H-pyrrole nitrogens is 1. The molecular formula is C15H21N3. The van der Waals surface area contributed by atoms with Crippen LogP contribution in [0.4, 0.5) is 0 Å². The van der Waals surface area contributed by atoms with Crippen LogP contribution < -0.4 is 0 Å². The van der Waals surface area contributed by atoms with Crippen molar-refractivity contribution in [3.8, 4) is 0 Å². The summed E-state index contributed by atoms with van der Waals surface area (Å²) < 4.78 is 0. The molecule has 0 saturated heterocycles. The SMILES string of the molecule is CN(Cc1nc2ccccc2[nH]1)C1CCCCC1. The number of imidazole rings is 1. The van der Waals surface area contributed by atoms with Crippen molar-refractivity contribution in [3.05, 3.63) is 30.1 Å². The highest BCUT2D eigenvalue weighted by atomic mass is 15.2. The highest BCUT2D eigenvalue weighted by Crippen LogP contribution is 2.22. The average Bonchev–Trinajstić information content (AvgIpc) is 2.82. The zero-order valence-electron chi connectivity index (χ0n) is 11.0. The molecule has 3 nitrogen and oxygen atoms in total. The number of rotatable bonds is 3. The van der Waals surface area contributed by atoms with Gasteiger partial charge in [-0.15, -0.1) is 0 Å². The minimum absolute atomic E-state index is 0.743. The maximum absolute atomic E-state index is 4.65. The molecule has 18 heavy (non-hydrogen) atoms. The van der Waals surface area contributed by atoms with E-state index in [1.165, 1.54) is 32.1 Å². The van der Waals surface area contributed by atoms with Crippen molar-refractivity contribution in [3.63, 3.8) is 0 Å². The van der Waals surface area contributed by atoms with E-state index in [9.17, 15) is 0 Å². The topological polar surface area (TPSA) is 31.9 Å². The maximum Gasteiger partial charge on any atom is 0.121 e. The average molecular weight is 243 g/mol. The molecule has 0 radical (unpaired) electrons. The number of para-hydroxylation sites is 2. The summed E-state index contributed by atoms with van der Waals surface area (Å²) in [6, 6.07) is 8.99. The number of hydrogen-bond acceptors (Lipinski definition) is 2. The van der Waals surface area contributed by atoms with Gasteiger partial charge in [-0.2, -0.15) is 0 Å². The summed E-state index contributed by atoms with van der Waals surface area (Å²) in [4.78, 5) is 10.5. The molecule has 0 spiro atoms. The minimum Gasteiger partial charge on any atom is -0.341 e. The molecule has 3 rings (SSSR count). The Kier molecular flexibility index (Phi) is 3.33. The van der Waals surface area contributed by atoms with E-state index in [4.69, 9.17) is 0 Å². The van der Waals surface area contributed by atoms with Crippen molar-refractivity contribution >= 4 is 11.0 Å². The highest BCUT2D eigenvalue weighted by molar-refractivity contribution is 5.74. The van der Waals surface area contributed by atoms with Gasteiger partial charge in [0.05, 0.1) is 17.6 Å². The first-order valence-electron chi connectivity index (χ1n) is 6.97. The van der Waals surface area contributed by atoms with Gasteiger partial charge in [-0.1, -0.05) is 31.4 Å². The number of nitrogens with one attached hydrogen (secondary N) is 1. The van der Waals surface area contributed by atoms with Crippen molar-refractivity contribution in [1.82, 2.24) is 14.9 Å². The van der Waals surface area contributed by atoms with E-state index in [0.29, 0.717) is 0 Å². The van der Waals surface area contributed by atoms with Crippen LogP contribution in [0.2, 0.25) is 0 Å². The predicted octanol–water partition coefficient (Wildman–Crippen LogP) is 3.33. The van der Waals surface area contributed by atoms with E-state index in [1.807, 2.05) is 6.07 Å². The van der Waals surface area contributed by atoms with Gasteiger partial charge in [0.15, 0.2) is 0 Å². The fourth-order valence-electron chi connectivity index (χ4n) is 2.97. The molecule has 0 aliphatic heterocycles. The molecular weight excluding hydrogens is 222 g/mol. The monoisotopic (exact) mass is 243 g/mol. The number of aromatic nitrogens is 2. The van der Waals surface area contributed by atoms with Crippen molar-refractivity contribution in [1.29, 1.82) is 0 Å². The summed E-state index contributed by atoms with van der Waals surface area (Å²) in [6.45, 7) is 0.930. The number of hydrogen-bond donors (Lipinski definition) is 1. The summed E-state index contributed by atoms with van der Waals surface area (Å²) in [6.07, 6.45) is 6.87. The van der Waals surface area contributed by atoms with E-state index in [-0.39, 0.29) is 0 Å². The van der Waals surface area contributed by atoms with Gasteiger partial charge in [-0.3, -0.25) is 4.90 Å². The van der Waals surface area contributed by atoms with Crippen molar-refractivity contribution < 1.29 is 0 Å². The molecule has 96 valence electrons. The molecule has 0 amide bonds. The lowest BCUT2D eigenvalue weighted by molar-refractivity contribution is 0.181. The van der Waals surface area contributed by atoms with Crippen LogP contribution in [0.25, 0.3) is 11.0 Å². The van der Waals surface area contributed by atoms with Crippen LogP contribution in [0, 0.1) is 0 Å². The molecule has 1 saturated carbocycles. The fourth-order valence-corrected chi connectivity index (χ4v) is 2.97. The van der Waals surface area contributed by atoms with Crippen LogP contribution in [-0.2, 0) is 6.54 Å². The van der Waals surface area contributed by atoms with Gasteiger partial charge in [-0.05, 0) is 32.0 Å². The third kappa shape index (κ3) is 2.41. The Morgan fingerprint density at radius 3 is 2.78 bits per heavy atom. The highest BCUT2D eigenvalue weighted by Gasteiger charge is 2.18. The molecule has 2 aromatic rings. The molecule has 1 aromatic heterocycles. The summed E-state index contributed by atoms with van der Waals surface area (Å²) in [5.74, 6) is 1.09. The maximum atomic E-state index is 4.65. The second kappa shape index (κ2) is 5.11. The van der Waals surface area contributed by atoms with Crippen LogP contribution in [0.1, 0.15) is 37.9 Å². The van der Waals surface area contributed by atoms with E-state index in [0.717, 1.165) is 29.4 Å². The standard InChI is InChI=1S/C15H21N3/c1-18(12-7-3-2-4-8-12)11-15-16-13-9-5-6-10-14(13)17-15/h5-6,9-10,12H,2-4,7-8,11H2,1H3,(H,16,17). The lowest BCUT2D eigenvalue weighted by Gasteiger charge is -2.30.